The van der Waals surface area contributed by atoms with Crippen molar-refractivity contribution in [1.82, 2.24) is 5.32 Å². The van der Waals surface area contributed by atoms with E-state index < -0.39 is 83.0 Å². The largest absolute Gasteiger partial charge is 0.507 e. The van der Waals surface area contributed by atoms with Crippen LogP contribution in [0.5, 0.6) is 17.2 Å². The van der Waals surface area contributed by atoms with Crippen molar-refractivity contribution in [1.29, 1.82) is 0 Å². The normalized spacial score (nSPS) is 29.6. The summed E-state index contributed by atoms with van der Waals surface area (Å²) in [6.07, 6.45) is 4.30. The van der Waals surface area contributed by atoms with Crippen LogP contribution < -0.4 is 21.1 Å². The van der Waals surface area contributed by atoms with E-state index in [2.05, 4.69) is 25.9 Å². The number of fused-ring (bicyclic) bond motifs is 14. The minimum Gasteiger partial charge on any atom is -0.507 e. The summed E-state index contributed by atoms with van der Waals surface area (Å²) in [6.45, 7) is 13.6. The van der Waals surface area contributed by atoms with E-state index >= 15 is 0 Å². The van der Waals surface area contributed by atoms with Crippen LogP contribution in [-0.2, 0) is 23.8 Å². The van der Waals surface area contributed by atoms with Gasteiger partial charge in [0.15, 0.2) is 5.75 Å². The number of phenolic OH excluding ortho intramolecular Hbond substituents is 2. The molecule has 0 radical (unpaired) electrons. The summed E-state index contributed by atoms with van der Waals surface area (Å²) in [4.78, 5) is 44.5. The number of Topliss-reactive ketones (excluding diaryl/α,β-unsaturated/α-hetero) is 1. The van der Waals surface area contributed by atoms with E-state index in [0.29, 0.717) is 19.5 Å². The number of nitrogens with two attached hydrogens (primary N) is 1. The zero-order valence-corrected chi connectivity index (χ0v) is 35.3. The Balaban J connectivity index is 1.95. The third-order valence-electron chi connectivity index (χ3n) is 11.0. The summed E-state index contributed by atoms with van der Waals surface area (Å²) >= 11 is 0. The summed E-state index contributed by atoms with van der Waals surface area (Å²) < 4.78 is 23.6. The Bertz CT molecular complexity index is 2060. The van der Waals surface area contributed by atoms with Gasteiger partial charge in [-0.05, 0) is 46.0 Å². The molecule has 0 aliphatic carbocycles. The number of nitrogens with zero attached hydrogens (tertiary/aromatic N) is 3. The lowest BCUT2D eigenvalue weighted by Crippen LogP contribution is -2.46. The Labute approximate surface area is 344 Å². The molecule has 322 valence electrons. The average molecular weight is 823 g/mol. The molecule has 0 aromatic heterocycles. The zero-order valence-electron chi connectivity index (χ0n) is 35.3. The number of ether oxygens (including phenoxy) is 4. The number of aliphatic imine (C=N–C) groups is 1. The summed E-state index contributed by atoms with van der Waals surface area (Å²) in [5.41, 5.74) is 6.01. The number of phenols is 2. The van der Waals surface area contributed by atoms with E-state index in [0.717, 1.165) is 0 Å². The number of nitrogens with one attached hydrogen (secondary N) is 2. The fraction of sp³-hybridized carbons (Fsp3) is 0.524. The molecule has 0 fully saturated rings. The van der Waals surface area contributed by atoms with Crippen LogP contribution in [0.1, 0.15) is 70.8 Å². The molecule has 1 amide bonds. The predicted octanol–water partition coefficient (Wildman–Crippen LogP) is 5.06. The number of carbonyl (C=O) groups is 3. The van der Waals surface area contributed by atoms with Crippen LogP contribution in [0.4, 0.5) is 11.4 Å². The average Bonchev–Trinajstić information content (AvgIpc) is 3.46. The number of amides is 1. The van der Waals surface area contributed by atoms with Crippen molar-refractivity contribution in [3.63, 3.8) is 0 Å². The molecule has 3 aliphatic rings. The van der Waals surface area contributed by atoms with Gasteiger partial charge >= 0.3 is 11.8 Å². The Hall–Kier alpha value is -5.36. The minimum absolute atomic E-state index is 0.0479. The SMILES string of the molecule is CNCCCN=C(N)N=Nc1cc2c(O)c3c(O)c(C)c4c(c13)C(=O)C(C)(O/C=C/C(OC)C(C)C(OC(C)=O)C(C)C(O)C(C)C(O)C(C)/C=C/C=C(C)C(=O)N2)O4. The lowest BCUT2D eigenvalue weighted by molar-refractivity contribution is -0.160. The first-order valence-corrected chi connectivity index (χ1v) is 19.5. The van der Waals surface area contributed by atoms with E-state index in [1.54, 1.807) is 46.9 Å². The number of aromatic hydroxyl groups is 2. The monoisotopic (exact) mass is 822 g/mol. The molecule has 0 spiro atoms. The molecular formula is C42H58N6O11. The second kappa shape index (κ2) is 19.6. The van der Waals surface area contributed by atoms with Crippen molar-refractivity contribution in [2.45, 2.75) is 92.0 Å². The van der Waals surface area contributed by atoms with Gasteiger partial charge in [0, 0.05) is 67.7 Å². The van der Waals surface area contributed by atoms with E-state index in [1.807, 2.05) is 0 Å². The number of esters is 1. The molecule has 3 aliphatic heterocycles. The molecule has 0 saturated carbocycles. The highest BCUT2D eigenvalue weighted by atomic mass is 16.7. The summed E-state index contributed by atoms with van der Waals surface area (Å²) in [7, 11) is 3.25. The molecular weight excluding hydrogens is 764 g/mol. The van der Waals surface area contributed by atoms with Crippen molar-refractivity contribution in [2.24, 2.45) is 44.6 Å². The maximum Gasteiger partial charge on any atom is 0.312 e. The maximum absolute atomic E-state index is 14.5. The number of benzene rings is 2. The van der Waals surface area contributed by atoms with Crippen molar-refractivity contribution in [2.75, 3.05) is 32.6 Å². The molecule has 5 rings (SSSR count). The van der Waals surface area contributed by atoms with Gasteiger partial charge in [-0.2, -0.15) is 0 Å². The molecule has 59 heavy (non-hydrogen) atoms. The molecule has 2 aromatic carbocycles. The second-order valence-electron chi connectivity index (χ2n) is 15.3. The highest BCUT2D eigenvalue weighted by Crippen LogP contribution is 2.54. The van der Waals surface area contributed by atoms with E-state index in [9.17, 15) is 34.8 Å². The molecule has 9 unspecified atom stereocenters. The van der Waals surface area contributed by atoms with Gasteiger partial charge < -0.3 is 55.7 Å². The van der Waals surface area contributed by atoms with Crippen molar-refractivity contribution in [3.8, 4) is 17.2 Å². The number of aliphatic hydroxyl groups excluding tert-OH is 2. The third-order valence-corrected chi connectivity index (χ3v) is 11.0. The first-order chi connectivity index (χ1) is 27.8. The third kappa shape index (κ3) is 10.1. The highest BCUT2D eigenvalue weighted by Gasteiger charge is 2.49. The number of carbonyl (C=O) groups excluding carboxylic acids is 3. The molecule has 8 N–H and O–H groups in total. The Kier molecular flexibility index (Phi) is 15.4. The standard InChI is InChI=1S/C42H58N6O11/c1-20-13-11-14-21(2)40(55)46-28-19-27(47-48-41(43)45-17-12-16-44-9)30-31(36(28)53)35(52)25(6)38-32(30)39(54)42(8,59-38)57-18-15-29(56-10)22(3)37(58-26(7)49)24(5)34(51)23(4)33(20)50/h11,13-15,18-20,22-24,29,33-34,37,44,50-53H,12,16-17H2,1-10H3,(H2,43,45)(H,46,55)/b13-11+,18-15+,21-14?,48-47?. The lowest BCUT2D eigenvalue weighted by Gasteiger charge is -2.38. The summed E-state index contributed by atoms with van der Waals surface area (Å²) in [5, 5.41) is 59.8. The van der Waals surface area contributed by atoms with Crippen LogP contribution in [0, 0.1) is 30.6 Å². The summed E-state index contributed by atoms with van der Waals surface area (Å²) in [6, 6.07) is 1.28. The first-order valence-electron chi connectivity index (χ1n) is 19.5. The number of anilines is 1. The fourth-order valence-corrected chi connectivity index (χ4v) is 7.32. The minimum atomic E-state index is -2.01. The van der Waals surface area contributed by atoms with Crippen LogP contribution in [0.2, 0.25) is 0 Å². The summed E-state index contributed by atoms with van der Waals surface area (Å²) in [5.74, 6) is -7.65. The topological polar surface area (TPSA) is 256 Å². The number of azo groups is 1. The molecule has 17 heteroatoms. The van der Waals surface area contributed by atoms with Gasteiger partial charge in [-0.25, -0.2) is 0 Å². The predicted molar refractivity (Wildman–Crippen MR) is 222 cm³/mol. The van der Waals surface area contributed by atoms with Gasteiger partial charge in [0.1, 0.15) is 17.6 Å². The number of aliphatic hydroxyl groups is 2. The van der Waals surface area contributed by atoms with Crippen LogP contribution in [0.15, 0.2) is 57.4 Å². The fourth-order valence-electron chi connectivity index (χ4n) is 7.32. The van der Waals surface area contributed by atoms with Crippen LogP contribution >= 0.6 is 0 Å². The van der Waals surface area contributed by atoms with Gasteiger partial charge in [-0.3, -0.25) is 19.4 Å². The number of hydrogen-bond acceptors (Lipinski definition) is 14. The Morgan fingerprint density at radius 3 is 2.37 bits per heavy atom. The number of hydrogen-bond donors (Lipinski definition) is 7. The van der Waals surface area contributed by atoms with Gasteiger partial charge in [-0.1, -0.05) is 45.9 Å². The van der Waals surface area contributed by atoms with Gasteiger partial charge in [0.05, 0.1) is 46.9 Å². The van der Waals surface area contributed by atoms with Crippen LogP contribution in [0.25, 0.3) is 10.8 Å². The van der Waals surface area contributed by atoms with Crippen LogP contribution in [-0.4, -0.2) is 101 Å². The molecule has 0 saturated heterocycles. The molecule has 3 heterocycles. The van der Waals surface area contributed by atoms with Crippen molar-refractivity contribution < 1.29 is 53.8 Å². The smallest absolute Gasteiger partial charge is 0.312 e. The molecule has 5 bridgehead atoms. The molecule has 17 nitrogen and oxygen atoms in total. The Morgan fingerprint density at radius 2 is 1.73 bits per heavy atom. The molecule has 2 aromatic rings. The number of guanidine groups is 1. The second-order valence-corrected chi connectivity index (χ2v) is 15.3. The van der Waals surface area contributed by atoms with Crippen molar-refractivity contribution >= 4 is 45.8 Å². The van der Waals surface area contributed by atoms with E-state index in [4.69, 9.17) is 24.7 Å². The van der Waals surface area contributed by atoms with Gasteiger partial charge in [-0.15, -0.1) is 10.2 Å². The van der Waals surface area contributed by atoms with Crippen molar-refractivity contribution in [3.05, 3.63) is 53.3 Å². The number of ketones is 1. The first kappa shape index (κ1) is 46.3. The van der Waals surface area contributed by atoms with E-state index in [-0.39, 0.29) is 50.6 Å². The molecule has 9 atom stereocenters. The highest BCUT2D eigenvalue weighted by molar-refractivity contribution is 6.22. The van der Waals surface area contributed by atoms with Gasteiger partial charge in [0.25, 0.3) is 11.7 Å². The lowest BCUT2D eigenvalue weighted by atomic mass is 9.78. The zero-order chi connectivity index (χ0) is 43.9. The van der Waals surface area contributed by atoms with E-state index in [1.165, 1.54) is 59.3 Å². The van der Waals surface area contributed by atoms with Crippen LogP contribution in [0.3, 0.4) is 0 Å². The van der Waals surface area contributed by atoms with Gasteiger partial charge in [0.2, 0.25) is 5.96 Å². The number of methoxy groups -OCH3 is 1. The quantitative estimate of drug-likeness (QED) is 0.0482. The number of allylic oxidation sites excluding steroid dienone is 2. The maximum atomic E-state index is 14.5. The Morgan fingerprint density at radius 1 is 1.03 bits per heavy atom. The number of rotatable bonds is 7.